The summed E-state index contributed by atoms with van der Waals surface area (Å²) in [5.74, 6) is -0.508. The van der Waals surface area contributed by atoms with Gasteiger partial charge in [-0.15, -0.1) is 0 Å². The number of hydrogen-bond donors (Lipinski definition) is 10. The van der Waals surface area contributed by atoms with E-state index in [2.05, 4.69) is 35.1 Å². The maximum atomic E-state index is 14.0. The van der Waals surface area contributed by atoms with Gasteiger partial charge >= 0.3 is 0 Å². The van der Waals surface area contributed by atoms with Gasteiger partial charge in [0.25, 0.3) is 0 Å². The second kappa shape index (κ2) is 54.8. The molecule has 0 rings (SSSR count). The van der Waals surface area contributed by atoms with Gasteiger partial charge in [0.15, 0.2) is 11.6 Å². The van der Waals surface area contributed by atoms with Gasteiger partial charge in [-0.05, 0) is 129 Å². The number of hydrogen-bond acceptors (Lipinski definition) is 16. The molecule has 0 heterocycles. The minimum Gasteiger partial charge on any atom is -0.343 e. The van der Waals surface area contributed by atoms with Crippen molar-refractivity contribution in [1.82, 2.24) is 31.1 Å². The molecule has 0 unspecified atom stereocenters. The number of Topliss-reactive ketones (excluding diaryl/α,β-unsaturated/α-hetero) is 2. The van der Waals surface area contributed by atoms with E-state index in [1.165, 1.54) is 77.0 Å². The molecule has 16 N–H and O–H groups in total. The maximum absolute atomic E-state index is 14.0. The first-order valence-electron chi connectivity index (χ1n) is 31.8. The molecule has 0 saturated heterocycles. The van der Waals surface area contributed by atoms with Gasteiger partial charge in [0.1, 0.15) is 24.9 Å². The van der Waals surface area contributed by atoms with Crippen LogP contribution in [0.5, 0.6) is 0 Å². The van der Waals surface area contributed by atoms with E-state index >= 15 is 0 Å². The first kappa shape index (κ1) is 75.2. The first-order valence-corrected chi connectivity index (χ1v) is 31.8. The summed E-state index contributed by atoms with van der Waals surface area (Å²) in [5, 5.41) is 13.4. The number of amides is 2. The van der Waals surface area contributed by atoms with Gasteiger partial charge in [-0.25, -0.2) is 0 Å². The smallest absolute Gasteiger partial charge is 0.222 e. The number of unbranched alkanes of at least 4 members (excludes halogenated alkanes) is 21. The van der Waals surface area contributed by atoms with Crippen LogP contribution in [0, 0.1) is 0 Å². The van der Waals surface area contributed by atoms with E-state index in [0.717, 1.165) is 89.6 Å². The van der Waals surface area contributed by atoms with Crippen LogP contribution < -0.4 is 55.7 Å². The number of nitrogens with one attached hydrogen (secondary N) is 4. The molecule has 0 aromatic heterocycles. The Hall–Kier alpha value is -2.78. The van der Waals surface area contributed by atoms with E-state index in [4.69, 9.17) is 34.4 Å². The highest BCUT2D eigenvalue weighted by molar-refractivity contribution is 6.10. The van der Waals surface area contributed by atoms with Crippen molar-refractivity contribution in [2.45, 2.75) is 281 Å². The zero-order valence-electron chi connectivity index (χ0n) is 50.0. The van der Waals surface area contributed by atoms with Gasteiger partial charge in [-0.2, -0.15) is 0 Å². The molecule has 0 aromatic rings. The number of carbonyl (C=O) groups is 6. The van der Waals surface area contributed by atoms with Gasteiger partial charge in [-0.3, -0.25) is 35.1 Å². The quantitative estimate of drug-likeness (QED) is 0.0134. The molecule has 18 heteroatoms. The Morgan fingerprint density at radius 1 is 0.397 bits per heavy atom. The Morgan fingerprint density at radius 2 is 0.718 bits per heavy atom. The molecular weight excluding hydrogens is 985 g/mol. The molecule has 0 aliphatic carbocycles. The molecule has 78 heavy (non-hydrogen) atoms. The minimum absolute atomic E-state index is 0.0963. The summed E-state index contributed by atoms with van der Waals surface area (Å²) in [7, 11) is 0. The van der Waals surface area contributed by atoms with E-state index in [-0.39, 0.29) is 23.4 Å². The van der Waals surface area contributed by atoms with E-state index < -0.39 is 36.5 Å². The fourth-order valence-electron chi connectivity index (χ4n) is 9.91. The summed E-state index contributed by atoms with van der Waals surface area (Å²) in [4.78, 5) is 83.4. The van der Waals surface area contributed by atoms with Crippen molar-refractivity contribution in [3.05, 3.63) is 0 Å². The topological polar surface area (TPSA) is 313 Å². The molecule has 0 aliphatic rings. The Morgan fingerprint density at radius 3 is 1.06 bits per heavy atom. The number of nitrogens with two attached hydrogens (primary N) is 6. The lowest BCUT2D eigenvalue weighted by Gasteiger charge is -2.29. The van der Waals surface area contributed by atoms with Crippen LogP contribution in [-0.4, -0.2) is 148 Å². The van der Waals surface area contributed by atoms with Crippen LogP contribution in [0.3, 0.4) is 0 Å². The number of nitrogens with zero attached hydrogens (tertiary/aromatic N) is 2. The highest BCUT2D eigenvalue weighted by atomic mass is 16.2. The third-order valence-electron chi connectivity index (χ3n) is 15.0. The van der Waals surface area contributed by atoms with Gasteiger partial charge < -0.3 is 59.1 Å². The maximum Gasteiger partial charge on any atom is 0.222 e. The van der Waals surface area contributed by atoms with E-state index in [1.54, 1.807) is 0 Å². The molecule has 0 saturated carbocycles. The van der Waals surface area contributed by atoms with E-state index in [1.807, 2.05) is 9.80 Å². The fraction of sp³-hybridized carbons (Fsp3) is 0.900. The largest absolute Gasteiger partial charge is 0.343 e. The molecule has 0 spiro atoms. The predicted molar refractivity (Wildman–Crippen MR) is 322 cm³/mol. The Labute approximate surface area is 475 Å². The molecular formula is C60H122N12O6. The number of rotatable bonds is 61. The third-order valence-corrected chi connectivity index (χ3v) is 15.0. The standard InChI is InChI=1S/C60H122N12O6/c1-3-5-7-9-11-13-15-17-19-37-55(75)71(47-31-43-67-57(58(77)53(65)35-23-27-41-63)59(78)54(66)36-24-28-42-64)45-29-30-46-72(56(76)38-20-18-16-14-12-10-8-6-4-2)48-32-44-68-60(69-51(49-73)33-21-25-39-61)70-52(50-74)34-22-26-40-62/h49-54,57,60,67-70H,3-48,61-66H2,1-2H3/t51-,52-,53+,54+/m1/s1. The lowest BCUT2D eigenvalue weighted by Crippen LogP contribution is -2.59. The van der Waals surface area contributed by atoms with E-state index in [9.17, 15) is 28.8 Å². The zero-order chi connectivity index (χ0) is 57.7. The summed E-state index contributed by atoms with van der Waals surface area (Å²) in [6, 6.07) is -3.63. The first-order chi connectivity index (χ1) is 38.0. The van der Waals surface area contributed by atoms with Gasteiger partial charge in [0, 0.05) is 39.0 Å². The number of carbonyl (C=O) groups excluding carboxylic acids is 6. The lowest BCUT2D eigenvalue weighted by molar-refractivity contribution is -0.133. The molecule has 0 radical (unpaired) electrons. The summed E-state index contributed by atoms with van der Waals surface area (Å²) >= 11 is 0. The fourth-order valence-corrected chi connectivity index (χ4v) is 9.91. The van der Waals surface area contributed by atoms with Crippen molar-refractivity contribution in [3.8, 4) is 0 Å². The molecule has 4 atom stereocenters. The van der Waals surface area contributed by atoms with Crippen LogP contribution in [0.2, 0.25) is 0 Å². The van der Waals surface area contributed by atoms with Crippen LogP contribution in [0.1, 0.15) is 245 Å². The van der Waals surface area contributed by atoms with Gasteiger partial charge in [-0.1, -0.05) is 142 Å². The summed E-state index contributed by atoms with van der Waals surface area (Å²) in [6.07, 6.45) is 34.0. The Balaban J connectivity index is 6.14. The monoisotopic (exact) mass is 1110 g/mol. The van der Waals surface area contributed by atoms with Crippen molar-refractivity contribution >= 4 is 36.0 Å². The van der Waals surface area contributed by atoms with E-state index in [0.29, 0.717) is 142 Å². The van der Waals surface area contributed by atoms with Crippen molar-refractivity contribution < 1.29 is 28.8 Å². The summed E-state index contributed by atoms with van der Waals surface area (Å²) in [5.41, 5.74) is 35.5. The average molecular weight is 1110 g/mol. The molecule has 458 valence electrons. The molecule has 18 nitrogen and oxygen atoms in total. The summed E-state index contributed by atoms with van der Waals surface area (Å²) in [6.45, 7) is 9.49. The van der Waals surface area contributed by atoms with Crippen LogP contribution in [0.25, 0.3) is 0 Å². The number of ketones is 2. The van der Waals surface area contributed by atoms with Gasteiger partial charge in [0.05, 0.1) is 24.2 Å². The minimum atomic E-state index is -1.14. The second-order valence-corrected chi connectivity index (χ2v) is 22.1. The summed E-state index contributed by atoms with van der Waals surface area (Å²) < 4.78 is 0. The van der Waals surface area contributed by atoms with Gasteiger partial charge in [0.2, 0.25) is 11.8 Å². The van der Waals surface area contributed by atoms with Crippen LogP contribution in [0.15, 0.2) is 0 Å². The zero-order valence-corrected chi connectivity index (χ0v) is 50.0. The average Bonchev–Trinajstić information content (AvgIpc) is 3.44. The van der Waals surface area contributed by atoms with Crippen molar-refractivity contribution in [3.63, 3.8) is 0 Å². The number of aldehydes is 2. The van der Waals surface area contributed by atoms with Crippen molar-refractivity contribution in [2.24, 2.45) is 34.4 Å². The normalized spacial score (nSPS) is 13.2. The Bertz CT molecular complexity index is 1400. The predicted octanol–water partition coefficient (Wildman–Crippen LogP) is 6.50. The highest BCUT2D eigenvalue weighted by Gasteiger charge is 2.33. The Kier molecular flexibility index (Phi) is 52.8. The molecule has 0 aromatic carbocycles. The molecule has 2 amide bonds. The molecule has 0 fully saturated rings. The molecule has 0 aliphatic heterocycles. The SMILES string of the molecule is CCCCCCCCCCCC(=O)N(CCCCN(CCCNC(C(=O)[C@@H](N)CCCCN)C(=O)[C@@H](N)CCCCN)C(=O)CCCCCCCCCCC)CCCNC(N[C@@H](C=O)CCCCN)N[C@@H](C=O)CCCCN. The van der Waals surface area contributed by atoms with Crippen LogP contribution >= 0.6 is 0 Å². The highest BCUT2D eigenvalue weighted by Crippen LogP contribution is 2.15. The van der Waals surface area contributed by atoms with Crippen LogP contribution in [-0.2, 0) is 28.8 Å². The van der Waals surface area contributed by atoms with Crippen molar-refractivity contribution in [1.29, 1.82) is 0 Å². The lowest BCUT2D eigenvalue weighted by atomic mass is 9.92. The third kappa shape index (κ3) is 41.2. The van der Waals surface area contributed by atoms with Crippen LogP contribution in [0.4, 0.5) is 0 Å². The van der Waals surface area contributed by atoms with Crippen molar-refractivity contribution in [2.75, 3.05) is 65.4 Å². The molecule has 0 bridgehead atoms. The second-order valence-electron chi connectivity index (χ2n) is 22.1.